The van der Waals surface area contributed by atoms with Crippen molar-refractivity contribution in [3.8, 4) is 0 Å². The average Bonchev–Trinajstić information content (AvgIpc) is 2.51. The number of rotatable bonds is 4. The largest absolute Gasteiger partial charge is 0.368 e. The van der Waals surface area contributed by atoms with Crippen molar-refractivity contribution in [2.75, 3.05) is 0 Å². The van der Waals surface area contributed by atoms with Gasteiger partial charge in [-0.3, -0.25) is 9.59 Å². The fourth-order valence-corrected chi connectivity index (χ4v) is 4.69. The van der Waals surface area contributed by atoms with Gasteiger partial charge in [-0.25, -0.2) is 0 Å². The van der Waals surface area contributed by atoms with Crippen molar-refractivity contribution in [1.82, 2.24) is 5.32 Å². The van der Waals surface area contributed by atoms with Gasteiger partial charge in [0, 0.05) is 16.4 Å². The molecule has 3 atom stereocenters. The number of hydrogen-bond acceptors (Lipinski definition) is 3. The van der Waals surface area contributed by atoms with E-state index in [0.29, 0.717) is 17.4 Å². The molecule has 138 valence electrons. The van der Waals surface area contributed by atoms with Crippen LogP contribution in [0.5, 0.6) is 0 Å². The smallest absolute Gasteiger partial charge is 0.244 e. The van der Waals surface area contributed by atoms with Gasteiger partial charge >= 0.3 is 0 Å². The van der Waals surface area contributed by atoms with Crippen LogP contribution in [0.15, 0.2) is 28.7 Å². The molecule has 3 rings (SSSR count). The molecule has 0 aliphatic heterocycles. The second kappa shape index (κ2) is 8.52. The number of nitrogens with two attached hydrogens (primary N) is 2. The third-order valence-electron chi connectivity index (χ3n) is 5.54. The topological polar surface area (TPSA) is 98.2 Å². The summed E-state index contributed by atoms with van der Waals surface area (Å²) in [6, 6.07) is 6.72. The molecule has 1 aromatic rings. The minimum atomic E-state index is -0.801. The third-order valence-corrected chi connectivity index (χ3v) is 6.03. The van der Waals surface area contributed by atoms with Crippen molar-refractivity contribution in [2.45, 2.75) is 44.2 Å². The van der Waals surface area contributed by atoms with Crippen LogP contribution in [0.25, 0.3) is 0 Å². The monoisotopic (exact) mass is 429 g/mol. The Hall–Kier alpha value is -1.11. The van der Waals surface area contributed by atoms with E-state index in [-0.39, 0.29) is 30.3 Å². The molecule has 2 aliphatic carbocycles. The van der Waals surface area contributed by atoms with E-state index in [1.807, 2.05) is 12.1 Å². The van der Waals surface area contributed by atoms with Crippen LogP contribution in [-0.4, -0.2) is 17.9 Å². The maximum absolute atomic E-state index is 12.7. The zero-order chi connectivity index (χ0) is 17.3. The zero-order valence-electron chi connectivity index (χ0n) is 14.0. The first kappa shape index (κ1) is 20.2. The van der Waals surface area contributed by atoms with Crippen LogP contribution in [0, 0.1) is 17.8 Å². The van der Waals surface area contributed by atoms with Gasteiger partial charge in [0.05, 0.1) is 0 Å². The number of carbonyl (C=O) groups excluding carboxylic acids is 2. The number of hydrogen-bond donors (Lipinski definition) is 3. The van der Waals surface area contributed by atoms with Gasteiger partial charge in [-0.2, -0.15) is 0 Å². The van der Waals surface area contributed by atoms with Gasteiger partial charge in [-0.1, -0.05) is 34.5 Å². The number of fused-ring (bicyclic) bond motifs is 2. The highest BCUT2D eigenvalue weighted by molar-refractivity contribution is 9.10. The van der Waals surface area contributed by atoms with Gasteiger partial charge in [-0.15, -0.1) is 12.4 Å². The third kappa shape index (κ3) is 4.54. The summed E-state index contributed by atoms with van der Waals surface area (Å²) in [5.41, 5.74) is 12.5. The Balaban J connectivity index is 0.00000225. The van der Waals surface area contributed by atoms with Crippen molar-refractivity contribution in [3.63, 3.8) is 0 Å². The van der Waals surface area contributed by atoms with E-state index in [2.05, 4.69) is 21.2 Å². The van der Waals surface area contributed by atoms with Crippen LogP contribution in [0.4, 0.5) is 0 Å². The van der Waals surface area contributed by atoms with Gasteiger partial charge in [0.15, 0.2) is 0 Å². The Labute approximate surface area is 162 Å². The standard InChI is InChI=1S/C18H24BrN3O2.ClH/c19-14-6-2-5-12(9-14)16(17(21)23)22-18(24)13-7-10-3-1-4-11(8-13)15(10)20;/h2,5-6,9-11,13,15-16H,1,3-4,7-8,20H2,(H2,21,23)(H,22,24);1H. The summed E-state index contributed by atoms with van der Waals surface area (Å²) in [6.45, 7) is 0. The number of amides is 2. The van der Waals surface area contributed by atoms with Gasteiger partial charge in [0.1, 0.15) is 6.04 Å². The number of nitrogens with one attached hydrogen (secondary N) is 1. The Morgan fingerprint density at radius 1 is 1.20 bits per heavy atom. The molecule has 0 heterocycles. The Kier molecular flexibility index (Phi) is 6.88. The highest BCUT2D eigenvalue weighted by Gasteiger charge is 2.41. The van der Waals surface area contributed by atoms with Gasteiger partial charge in [0.25, 0.3) is 0 Å². The molecule has 5 nitrogen and oxygen atoms in total. The lowest BCUT2D eigenvalue weighted by Crippen LogP contribution is -2.50. The molecule has 1 aromatic carbocycles. The van der Waals surface area contributed by atoms with E-state index in [4.69, 9.17) is 11.5 Å². The fraction of sp³-hybridized carbons (Fsp3) is 0.556. The van der Waals surface area contributed by atoms with Gasteiger partial charge < -0.3 is 16.8 Å². The Morgan fingerprint density at radius 2 is 1.84 bits per heavy atom. The second-order valence-electron chi connectivity index (χ2n) is 7.10. The van der Waals surface area contributed by atoms with Crippen molar-refractivity contribution in [2.24, 2.45) is 29.2 Å². The SMILES string of the molecule is Cl.NC(=O)C(NC(=O)C1CC2CCCC(C1)C2N)c1cccc(Br)c1. The van der Waals surface area contributed by atoms with Crippen LogP contribution < -0.4 is 16.8 Å². The molecule has 3 unspecified atom stereocenters. The fourth-order valence-electron chi connectivity index (χ4n) is 4.27. The quantitative estimate of drug-likeness (QED) is 0.685. The summed E-state index contributed by atoms with van der Waals surface area (Å²) in [6.07, 6.45) is 5.04. The summed E-state index contributed by atoms with van der Waals surface area (Å²) in [5.74, 6) is 0.142. The second-order valence-corrected chi connectivity index (χ2v) is 8.01. The van der Waals surface area contributed by atoms with E-state index in [9.17, 15) is 9.59 Å². The van der Waals surface area contributed by atoms with E-state index in [0.717, 1.165) is 30.2 Å². The molecule has 2 bridgehead atoms. The molecule has 0 saturated heterocycles. The molecule has 0 radical (unpaired) electrons. The number of benzene rings is 1. The first-order valence-electron chi connectivity index (χ1n) is 8.56. The van der Waals surface area contributed by atoms with Crippen molar-refractivity contribution in [3.05, 3.63) is 34.3 Å². The highest BCUT2D eigenvalue weighted by atomic mass is 79.9. The van der Waals surface area contributed by atoms with Crippen molar-refractivity contribution < 1.29 is 9.59 Å². The molecule has 2 aliphatic rings. The van der Waals surface area contributed by atoms with Crippen LogP contribution in [0.1, 0.15) is 43.7 Å². The molecular formula is C18H25BrClN3O2. The summed E-state index contributed by atoms with van der Waals surface area (Å²) in [7, 11) is 0. The normalized spacial score (nSPS) is 29.2. The van der Waals surface area contributed by atoms with Crippen molar-refractivity contribution in [1.29, 1.82) is 0 Å². The summed E-state index contributed by atoms with van der Waals surface area (Å²) >= 11 is 3.38. The predicted molar refractivity (Wildman–Crippen MR) is 103 cm³/mol. The predicted octanol–water partition coefficient (Wildman–Crippen LogP) is 2.67. The molecule has 2 fully saturated rings. The Morgan fingerprint density at radius 3 is 2.40 bits per heavy atom. The maximum Gasteiger partial charge on any atom is 0.244 e. The van der Waals surface area contributed by atoms with E-state index in [1.165, 1.54) is 6.42 Å². The zero-order valence-corrected chi connectivity index (χ0v) is 16.4. The van der Waals surface area contributed by atoms with E-state index < -0.39 is 11.9 Å². The van der Waals surface area contributed by atoms with Crippen LogP contribution in [0.3, 0.4) is 0 Å². The van der Waals surface area contributed by atoms with E-state index in [1.54, 1.807) is 12.1 Å². The lowest BCUT2D eigenvalue weighted by molar-refractivity contribution is -0.132. The van der Waals surface area contributed by atoms with Crippen molar-refractivity contribution >= 4 is 40.2 Å². The highest BCUT2D eigenvalue weighted by Crippen LogP contribution is 2.42. The first-order chi connectivity index (χ1) is 11.5. The number of carbonyl (C=O) groups is 2. The molecule has 0 spiro atoms. The molecular weight excluding hydrogens is 406 g/mol. The maximum atomic E-state index is 12.7. The minimum absolute atomic E-state index is 0. The van der Waals surface area contributed by atoms with Crippen LogP contribution in [0.2, 0.25) is 0 Å². The van der Waals surface area contributed by atoms with Crippen LogP contribution >= 0.6 is 28.3 Å². The first-order valence-corrected chi connectivity index (χ1v) is 9.35. The molecule has 7 heteroatoms. The lowest BCUT2D eigenvalue weighted by atomic mass is 9.65. The average molecular weight is 431 g/mol. The van der Waals surface area contributed by atoms with Gasteiger partial charge in [0.2, 0.25) is 11.8 Å². The molecule has 2 saturated carbocycles. The molecule has 2 amide bonds. The number of primary amides is 1. The van der Waals surface area contributed by atoms with Gasteiger partial charge in [-0.05, 0) is 55.2 Å². The summed E-state index contributed by atoms with van der Waals surface area (Å²) < 4.78 is 0.846. The lowest BCUT2D eigenvalue weighted by Gasteiger charge is -2.43. The molecule has 25 heavy (non-hydrogen) atoms. The minimum Gasteiger partial charge on any atom is -0.368 e. The van der Waals surface area contributed by atoms with E-state index >= 15 is 0 Å². The molecule has 5 N–H and O–H groups in total. The molecule has 0 aromatic heterocycles. The summed E-state index contributed by atoms with van der Waals surface area (Å²) in [4.78, 5) is 24.6. The number of halogens is 2. The van der Waals surface area contributed by atoms with Crippen LogP contribution in [-0.2, 0) is 9.59 Å². The summed E-state index contributed by atoms with van der Waals surface area (Å²) in [5, 5.41) is 2.86. The Bertz CT molecular complexity index is 629.